The van der Waals surface area contributed by atoms with Gasteiger partial charge in [0.2, 0.25) is 0 Å². The second-order valence-corrected chi connectivity index (χ2v) is 4.81. The summed E-state index contributed by atoms with van der Waals surface area (Å²) in [7, 11) is 0. The van der Waals surface area contributed by atoms with Crippen molar-refractivity contribution in [2.24, 2.45) is 0 Å². The largest absolute Gasteiger partial charge is 0.416 e. The predicted molar refractivity (Wildman–Crippen MR) is 73.1 cm³/mol. The van der Waals surface area contributed by atoms with Crippen LogP contribution in [0.4, 0.5) is 17.6 Å². The number of halogens is 4. The molecule has 0 amide bonds. The van der Waals surface area contributed by atoms with Gasteiger partial charge in [-0.05, 0) is 36.2 Å². The zero-order valence-electron chi connectivity index (χ0n) is 11.4. The van der Waals surface area contributed by atoms with E-state index >= 15 is 0 Å². The van der Waals surface area contributed by atoms with Gasteiger partial charge in [0.25, 0.3) is 0 Å². The average molecular weight is 297 g/mol. The first-order valence-electron chi connectivity index (χ1n) is 6.52. The highest BCUT2D eigenvalue weighted by molar-refractivity contribution is 5.30. The van der Waals surface area contributed by atoms with Gasteiger partial charge < -0.3 is 5.32 Å². The van der Waals surface area contributed by atoms with E-state index in [-0.39, 0.29) is 24.0 Å². The van der Waals surface area contributed by atoms with Crippen LogP contribution < -0.4 is 5.32 Å². The molecule has 0 aliphatic carbocycles. The van der Waals surface area contributed by atoms with E-state index in [1.807, 2.05) is 6.92 Å². The van der Waals surface area contributed by atoms with Crippen LogP contribution in [-0.2, 0) is 12.7 Å². The number of alkyl halides is 3. The third kappa shape index (κ3) is 4.04. The minimum absolute atomic E-state index is 0.0915. The molecule has 112 valence electrons. The molecule has 2 aromatic carbocycles. The smallest absolute Gasteiger partial charge is 0.306 e. The Morgan fingerprint density at radius 3 is 2.24 bits per heavy atom. The molecular formula is C16H15F4N. The zero-order valence-corrected chi connectivity index (χ0v) is 11.4. The summed E-state index contributed by atoms with van der Waals surface area (Å²) in [4.78, 5) is 0. The first kappa shape index (κ1) is 15.5. The normalized spacial score (nSPS) is 13.2. The summed E-state index contributed by atoms with van der Waals surface area (Å²) >= 11 is 0. The summed E-state index contributed by atoms with van der Waals surface area (Å²) in [6, 6.07) is 11.2. The molecule has 0 aromatic heterocycles. The topological polar surface area (TPSA) is 12.0 Å². The SMILES string of the molecule is CC(NCc1ccccc1C(F)(F)F)c1ccc(F)cc1. The molecule has 1 nitrogen and oxygen atoms in total. The first-order chi connectivity index (χ1) is 9.88. The molecule has 0 aliphatic heterocycles. The van der Waals surface area contributed by atoms with Gasteiger partial charge in [-0.25, -0.2) is 4.39 Å². The number of hydrogen-bond donors (Lipinski definition) is 1. The van der Waals surface area contributed by atoms with Crippen molar-refractivity contribution < 1.29 is 17.6 Å². The molecule has 1 unspecified atom stereocenters. The molecule has 0 bridgehead atoms. The van der Waals surface area contributed by atoms with Crippen molar-refractivity contribution in [2.45, 2.75) is 25.7 Å². The van der Waals surface area contributed by atoms with E-state index in [0.717, 1.165) is 11.6 Å². The van der Waals surface area contributed by atoms with E-state index in [2.05, 4.69) is 5.32 Å². The molecule has 21 heavy (non-hydrogen) atoms. The van der Waals surface area contributed by atoms with Crippen molar-refractivity contribution in [3.8, 4) is 0 Å². The number of rotatable bonds is 4. The van der Waals surface area contributed by atoms with Crippen molar-refractivity contribution in [3.63, 3.8) is 0 Å². The molecule has 0 heterocycles. The van der Waals surface area contributed by atoms with Crippen LogP contribution in [0.1, 0.15) is 29.7 Å². The van der Waals surface area contributed by atoms with Gasteiger partial charge in [-0.2, -0.15) is 13.2 Å². The lowest BCUT2D eigenvalue weighted by atomic mass is 10.1. The van der Waals surface area contributed by atoms with Gasteiger partial charge in [-0.3, -0.25) is 0 Å². The van der Waals surface area contributed by atoms with Crippen LogP contribution in [0.3, 0.4) is 0 Å². The van der Waals surface area contributed by atoms with Gasteiger partial charge in [0.05, 0.1) is 5.56 Å². The van der Waals surface area contributed by atoms with E-state index in [4.69, 9.17) is 0 Å². The quantitative estimate of drug-likeness (QED) is 0.807. The first-order valence-corrected chi connectivity index (χ1v) is 6.52. The highest BCUT2D eigenvalue weighted by atomic mass is 19.4. The van der Waals surface area contributed by atoms with Gasteiger partial charge in [-0.1, -0.05) is 30.3 Å². The molecule has 0 saturated carbocycles. The fraction of sp³-hybridized carbons (Fsp3) is 0.250. The maximum absolute atomic E-state index is 12.9. The summed E-state index contributed by atoms with van der Waals surface area (Å²) < 4.78 is 51.5. The minimum Gasteiger partial charge on any atom is -0.306 e. The summed E-state index contributed by atoms with van der Waals surface area (Å²) in [5, 5.41) is 3.02. The zero-order chi connectivity index (χ0) is 15.5. The summed E-state index contributed by atoms with van der Waals surface area (Å²) in [5.41, 5.74) is 0.378. The third-order valence-electron chi connectivity index (χ3n) is 3.29. The summed E-state index contributed by atoms with van der Waals surface area (Å²) in [6.07, 6.45) is -4.36. The Balaban J connectivity index is 2.08. The van der Waals surface area contributed by atoms with Gasteiger partial charge in [-0.15, -0.1) is 0 Å². The third-order valence-corrected chi connectivity index (χ3v) is 3.29. The van der Waals surface area contributed by atoms with Crippen molar-refractivity contribution >= 4 is 0 Å². The van der Waals surface area contributed by atoms with E-state index in [0.29, 0.717) is 0 Å². The van der Waals surface area contributed by atoms with Crippen LogP contribution in [-0.4, -0.2) is 0 Å². The lowest BCUT2D eigenvalue weighted by Gasteiger charge is -2.17. The fourth-order valence-corrected chi connectivity index (χ4v) is 2.08. The Labute approximate surface area is 120 Å². The lowest BCUT2D eigenvalue weighted by molar-refractivity contribution is -0.138. The van der Waals surface area contributed by atoms with Crippen LogP contribution in [0, 0.1) is 5.82 Å². The number of nitrogens with one attached hydrogen (secondary N) is 1. The molecular weight excluding hydrogens is 282 g/mol. The maximum atomic E-state index is 12.9. The van der Waals surface area contributed by atoms with E-state index in [1.54, 1.807) is 18.2 Å². The van der Waals surface area contributed by atoms with Crippen LogP contribution in [0.5, 0.6) is 0 Å². The molecule has 0 saturated heterocycles. The molecule has 0 fully saturated rings. The highest BCUT2D eigenvalue weighted by Gasteiger charge is 2.32. The Hall–Kier alpha value is -1.88. The van der Waals surface area contributed by atoms with Crippen molar-refractivity contribution in [2.75, 3.05) is 0 Å². The highest BCUT2D eigenvalue weighted by Crippen LogP contribution is 2.32. The molecule has 0 spiro atoms. The predicted octanol–water partition coefficient (Wildman–Crippen LogP) is 4.70. The van der Waals surface area contributed by atoms with Gasteiger partial charge in [0.15, 0.2) is 0 Å². The molecule has 5 heteroatoms. The van der Waals surface area contributed by atoms with Gasteiger partial charge in [0, 0.05) is 12.6 Å². The second-order valence-electron chi connectivity index (χ2n) is 4.81. The van der Waals surface area contributed by atoms with Crippen molar-refractivity contribution in [1.29, 1.82) is 0 Å². The summed E-state index contributed by atoms with van der Waals surface area (Å²) in [6.45, 7) is 1.91. The van der Waals surface area contributed by atoms with E-state index in [1.165, 1.54) is 24.3 Å². The van der Waals surface area contributed by atoms with Gasteiger partial charge in [0.1, 0.15) is 5.82 Å². The van der Waals surface area contributed by atoms with E-state index in [9.17, 15) is 17.6 Å². The Bertz CT molecular complexity index is 590. The van der Waals surface area contributed by atoms with Crippen LogP contribution >= 0.6 is 0 Å². The monoisotopic (exact) mass is 297 g/mol. The van der Waals surface area contributed by atoms with Crippen molar-refractivity contribution in [3.05, 3.63) is 71.0 Å². The molecule has 0 radical (unpaired) electrons. The number of benzene rings is 2. The van der Waals surface area contributed by atoms with Crippen LogP contribution in [0.25, 0.3) is 0 Å². The van der Waals surface area contributed by atoms with E-state index < -0.39 is 11.7 Å². The standard InChI is InChI=1S/C16H15F4N/c1-11(12-6-8-14(17)9-7-12)21-10-13-4-2-3-5-15(13)16(18,19)20/h2-9,11,21H,10H2,1H3. The summed E-state index contributed by atoms with van der Waals surface area (Å²) in [5.74, 6) is -0.339. The Morgan fingerprint density at radius 2 is 1.62 bits per heavy atom. The minimum atomic E-state index is -4.36. The molecule has 2 rings (SSSR count). The Kier molecular flexibility index (Phi) is 4.63. The number of hydrogen-bond acceptors (Lipinski definition) is 1. The second kappa shape index (κ2) is 6.26. The average Bonchev–Trinajstić information content (AvgIpc) is 2.45. The van der Waals surface area contributed by atoms with Crippen LogP contribution in [0.2, 0.25) is 0 Å². The van der Waals surface area contributed by atoms with Crippen LogP contribution in [0.15, 0.2) is 48.5 Å². The maximum Gasteiger partial charge on any atom is 0.416 e. The fourth-order valence-electron chi connectivity index (χ4n) is 2.08. The van der Waals surface area contributed by atoms with Gasteiger partial charge >= 0.3 is 6.18 Å². The lowest BCUT2D eigenvalue weighted by Crippen LogP contribution is -2.20. The molecule has 1 N–H and O–H groups in total. The molecule has 2 aromatic rings. The Morgan fingerprint density at radius 1 is 1.00 bits per heavy atom. The van der Waals surface area contributed by atoms with Crippen molar-refractivity contribution in [1.82, 2.24) is 5.32 Å². The molecule has 1 atom stereocenters. The molecule has 0 aliphatic rings.